The monoisotopic (exact) mass is 220 g/mol. The standard InChI is InChI=1S/C9H20N2O2S/c1-10-5-6-11-4-2-9-3-7-14(12,13)8-9/h9-11H,2-8H2,1H3. The number of nitrogens with one attached hydrogen (secondary N) is 2. The highest BCUT2D eigenvalue weighted by Crippen LogP contribution is 2.20. The number of hydrogen-bond donors (Lipinski definition) is 2. The molecule has 0 bridgehead atoms. The van der Waals surface area contributed by atoms with Gasteiger partial charge in [-0.2, -0.15) is 0 Å². The maximum Gasteiger partial charge on any atom is 0.150 e. The number of rotatable bonds is 6. The van der Waals surface area contributed by atoms with Crippen LogP contribution < -0.4 is 10.6 Å². The summed E-state index contributed by atoms with van der Waals surface area (Å²) in [4.78, 5) is 0. The van der Waals surface area contributed by atoms with Crippen molar-refractivity contribution in [2.24, 2.45) is 5.92 Å². The van der Waals surface area contributed by atoms with Crippen LogP contribution in [-0.4, -0.2) is 46.6 Å². The second-order valence-corrected chi connectivity index (χ2v) is 6.14. The van der Waals surface area contributed by atoms with Crippen LogP contribution in [0.5, 0.6) is 0 Å². The van der Waals surface area contributed by atoms with Gasteiger partial charge in [-0.15, -0.1) is 0 Å². The predicted octanol–water partition coefficient (Wildman–Crippen LogP) is -0.380. The highest BCUT2D eigenvalue weighted by Gasteiger charge is 2.26. The molecule has 1 unspecified atom stereocenters. The first kappa shape index (κ1) is 11.9. The molecule has 4 nitrogen and oxygen atoms in total. The first-order valence-electron chi connectivity index (χ1n) is 5.20. The maximum atomic E-state index is 11.1. The van der Waals surface area contributed by atoms with Crippen molar-refractivity contribution in [2.45, 2.75) is 12.8 Å². The molecule has 0 aromatic heterocycles. The van der Waals surface area contributed by atoms with Crippen LogP contribution in [-0.2, 0) is 9.84 Å². The zero-order valence-electron chi connectivity index (χ0n) is 8.75. The van der Waals surface area contributed by atoms with E-state index in [1.807, 2.05) is 7.05 Å². The van der Waals surface area contributed by atoms with E-state index in [9.17, 15) is 8.42 Å². The molecule has 0 amide bonds. The molecule has 2 N–H and O–H groups in total. The molecule has 14 heavy (non-hydrogen) atoms. The Labute approximate surface area is 86.4 Å². The molecular weight excluding hydrogens is 200 g/mol. The normalized spacial score (nSPS) is 25.4. The van der Waals surface area contributed by atoms with Crippen LogP contribution in [0.2, 0.25) is 0 Å². The predicted molar refractivity (Wildman–Crippen MR) is 58.2 cm³/mol. The molecule has 0 aromatic rings. The van der Waals surface area contributed by atoms with Gasteiger partial charge in [-0.3, -0.25) is 0 Å². The average Bonchev–Trinajstić information content (AvgIpc) is 2.45. The summed E-state index contributed by atoms with van der Waals surface area (Å²) in [5.74, 6) is 1.19. The Balaban J connectivity index is 2.03. The molecule has 0 spiro atoms. The molecule has 1 aliphatic rings. The van der Waals surface area contributed by atoms with E-state index in [1.54, 1.807) is 0 Å². The Bertz CT molecular complexity index is 252. The van der Waals surface area contributed by atoms with Crippen molar-refractivity contribution in [3.63, 3.8) is 0 Å². The molecule has 0 aromatic carbocycles. The van der Waals surface area contributed by atoms with Crippen LogP contribution in [0.25, 0.3) is 0 Å². The lowest BCUT2D eigenvalue weighted by Gasteiger charge is -2.08. The molecule has 1 atom stereocenters. The summed E-state index contributed by atoms with van der Waals surface area (Å²) in [6, 6.07) is 0. The molecule has 1 saturated heterocycles. The van der Waals surface area contributed by atoms with Gasteiger partial charge in [0.1, 0.15) is 0 Å². The number of hydrogen-bond acceptors (Lipinski definition) is 4. The van der Waals surface area contributed by atoms with Crippen molar-refractivity contribution in [3.05, 3.63) is 0 Å². The van der Waals surface area contributed by atoms with E-state index in [1.165, 1.54) is 0 Å². The highest BCUT2D eigenvalue weighted by atomic mass is 32.2. The van der Waals surface area contributed by atoms with Gasteiger partial charge in [0.05, 0.1) is 11.5 Å². The summed E-state index contributed by atoms with van der Waals surface area (Å²) in [7, 11) is -0.761. The summed E-state index contributed by atoms with van der Waals surface area (Å²) in [5.41, 5.74) is 0. The van der Waals surface area contributed by atoms with Gasteiger partial charge in [0.25, 0.3) is 0 Å². The molecule has 0 radical (unpaired) electrons. The van der Waals surface area contributed by atoms with Gasteiger partial charge >= 0.3 is 0 Å². The fourth-order valence-electron chi connectivity index (χ4n) is 1.74. The lowest BCUT2D eigenvalue weighted by molar-refractivity contribution is 0.507. The average molecular weight is 220 g/mol. The van der Waals surface area contributed by atoms with Crippen molar-refractivity contribution in [3.8, 4) is 0 Å². The third kappa shape index (κ3) is 4.39. The molecule has 1 rings (SSSR count). The van der Waals surface area contributed by atoms with E-state index in [0.717, 1.165) is 32.5 Å². The molecule has 5 heteroatoms. The van der Waals surface area contributed by atoms with Crippen LogP contribution in [0.4, 0.5) is 0 Å². The van der Waals surface area contributed by atoms with Crippen LogP contribution >= 0.6 is 0 Å². The van der Waals surface area contributed by atoms with Gasteiger partial charge in [0.2, 0.25) is 0 Å². The van der Waals surface area contributed by atoms with Crippen LogP contribution in [0.15, 0.2) is 0 Å². The van der Waals surface area contributed by atoms with Gasteiger partial charge in [-0.25, -0.2) is 8.42 Å². The zero-order chi connectivity index (χ0) is 10.4. The fraction of sp³-hybridized carbons (Fsp3) is 1.00. The Morgan fingerprint density at radius 3 is 2.64 bits per heavy atom. The quantitative estimate of drug-likeness (QED) is 0.599. The van der Waals surface area contributed by atoms with Gasteiger partial charge < -0.3 is 10.6 Å². The summed E-state index contributed by atoms with van der Waals surface area (Å²) in [6.45, 7) is 2.85. The minimum atomic E-state index is -2.68. The van der Waals surface area contributed by atoms with Crippen molar-refractivity contribution in [2.75, 3.05) is 38.2 Å². The van der Waals surface area contributed by atoms with E-state index in [4.69, 9.17) is 0 Å². The molecular formula is C9H20N2O2S. The third-order valence-corrected chi connectivity index (χ3v) is 4.44. The molecule has 1 heterocycles. The Hall–Kier alpha value is -0.130. The molecule has 1 fully saturated rings. The van der Waals surface area contributed by atoms with E-state index >= 15 is 0 Å². The van der Waals surface area contributed by atoms with Gasteiger partial charge in [0.15, 0.2) is 9.84 Å². The zero-order valence-corrected chi connectivity index (χ0v) is 9.57. The smallest absolute Gasteiger partial charge is 0.150 e. The van der Waals surface area contributed by atoms with Crippen molar-refractivity contribution in [1.82, 2.24) is 10.6 Å². The fourth-order valence-corrected chi connectivity index (χ4v) is 3.65. The lowest BCUT2D eigenvalue weighted by atomic mass is 10.1. The van der Waals surface area contributed by atoms with Crippen molar-refractivity contribution < 1.29 is 8.42 Å². The van der Waals surface area contributed by atoms with E-state index < -0.39 is 9.84 Å². The van der Waals surface area contributed by atoms with Crippen LogP contribution in [0.1, 0.15) is 12.8 Å². The van der Waals surface area contributed by atoms with E-state index in [0.29, 0.717) is 17.4 Å². The Morgan fingerprint density at radius 1 is 1.29 bits per heavy atom. The molecule has 84 valence electrons. The molecule has 0 aliphatic carbocycles. The lowest BCUT2D eigenvalue weighted by Crippen LogP contribution is -2.26. The molecule has 0 saturated carbocycles. The van der Waals surface area contributed by atoms with Gasteiger partial charge in [-0.05, 0) is 32.4 Å². The SMILES string of the molecule is CNCCNCCC1CCS(=O)(=O)C1. The summed E-state index contributed by atoms with van der Waals surface area (Å²) in [6.07, 6.45) is 1.85. The van der Waals surface area contributed by atoms with Gasteiger partial charge in [0, 0.05) is 13.1 Å². The number of likely N-dealkylation sites (N-methyl/N-ethyl adjacent to an activating group) is 1. The molecule has 1 aliphatic heterocycles. The first-order chi connectivity index (χ1) is 6.64. The van der Waals surface area contributed by atoms with Crippen molar-refractivity contribution >= 4 is 9.84 Å². The second kappa shape index (κ2) is 5.68. The first-order valence-corrected chi connectivity index (χ1v) is 7.02. The summed E-state index contributed by atoms with van der Waals surface area (Å²) in [5, 5.41) is 6.33. The van der Waals surface area contributed by atoms with Crippen LogP contribution in [0, 0.1) is 5.92 Å². The Kier molecular flexibility index (Phi) is 4.84. The van der Waals surface area contributed by atoms with Gasteiger partial charge in [-0.1, -0.05) is 0 Å². The third-order valence-electron chi connectivity index (χ3n) is 2.61. The highest BCUT2D eigenvalue weighted by molar-refractivity contribution is 7.91. The summed E-state index contributed by atoms with van der Waals surface area (Å²) < 4.78 is 22.3. The summed E-state index contributed by atoms with van der Waals surface area (Å²) >= 11 is 0. The Morgan fingerprint density at radius 2 is 2.07 bits per heavy atom. The van der Waals surface area contributed by atoms with E-state index in [2.05, 4.69) is 10.6 Å². The van der Waals surface area contributed by atoms with E-state index in [-0.39, 0.29) is 0 Å². The topological polar surface area (TPSA) is 58.2 Å². The van der Waals surface area contributed by atoms with Crippen LogP contribution in [0.3, 0.4) is 0 Å². The maximum absolute atomic E-state index is 11.1. The van der Waals surface area contributed by atoms with Crippen molar-refractivity contribution in [1.29, 1.82) is 0 Å². The number of sulfone groups is 1. The minimum absolute atomic E-state index is 0.391. The second-order valence-electron chi connectivity index (χ2n) is 3.91. The minimum Gasteiger partial charge on any atom is -0.318 e. The largest absolute Gasteiger partial charge is 0.318 e.